The van der Waals surface area contributed by atoms with E-state index in [0.29, 0.717) is 0 Å². The molecule has 0 fully saturated rings. The van der Waals surface area contributed by atoms with E-state index < -0.39 is 0 Å². The van der Waals surface area contributed by atoms with Crippen LogP contribution in [0, 0.1) is 0 Å². The highest BCUT2D eigenvalue weighted by atomic mass is 15.0. The van der Waals surface area contributed by atoms with Crippen LogP contribution in [-0.2, 0) is 0 Å². The molecule has 0 amide bonds. The predicted molar refractivity (Wildman–Crippen MR) is 177 cm³/mol. The maximum Gasteiger partial charge on any atom is 0.0963 e. The molecule has 9 rings (SSSR count). The molecule has 0 bridgehead atoms. The first-order chi connectivity index (χ1) is 21.8. The van der Waals surface area contributed by atoms with E-state index in [1.807, 2.05) is 73.3 Å². The standard InChI is InChI=1S/C38H24N6/c1-3-18-39-31(10-1)25-14-16-33-29(22-25)37-35(12-6-20-41-37)43(33)27-8-5-9-28(24-27)44-34-17-15-26(32-11-2-4-19-40-32)23-30(34)38-36(44)13-7-21-42-38/h1-24H. The molecule has 44 heavy (non-hydrogen) atoms. The third-order valence-electron chi connectivity index (χ3n) is 8.31. The van der Waals surface area contributed by atoms with E-state index in [2.05, 4.69) is 91.9 Å². The molecule has 0 unspecified atom stereocenters. The average Bonchev–Trinajstić information content (AvgIpc) is 3.61. The Kier molecular flexibility index (Phi) is 5.40. The second-order valence-corrected chi connectivity index (χ2v) is 10.8. The third kappa shape index (κ3) is 3.75. The van der Waals surface area contributed by atoms with Gasteiger partial charge in [-0.2, -0.15) is 0 Å². The summed E-state index contributed by atoms with van der Waals surface area (Å²) in [5.41, 5.74) is 12.4. The summed E-state index contributed by atoms with van der Waals surface area (Å²) in [5, 5.41) is 2.19. The Morgan fingerprint density at radius 3 is 1.34 bits per heavy atom. The SMILES string of the molecule is c1ccc(-c2ccc3c(c2)c2ncccc2n3-c2cccc(-n3c4ccc(-c5ccccn5)cc4c4ncccc43)c2)nc1. The molecule has 0 radical (unpaired) electrons. The summed E-state index contributed by atoms with van der Waals surface area (Å²) in [6.45, 7) is 0. The van der Waals surface area contributed by atoms with E-state index >= 15 is 0 Å². The highest BCUT2D eigenvalue weighted by Gasteiger charge is 2.17. The lowest BCUT2D eigenvalue weighted by Gasteiger charge is -2.13. The van der Waals surface area contributed by atoms with Gasteiger partial charge in [0.1, 0.15) is 0 Å². The molecule has 0 aliphatic carbocycles. The highest BCUT2D eigenvalue weighted by Crippen LogP contribution is 2.36. The number of nitrogens with zero attached hydrogens (tertiary/aromatic N) is 6. The van der Waals surface area contributed by atoms with Gasteiger partial charge in [0.15, 0.2) is 0 Å². The van der Waals surface area contributed by atoms with Gasteiger partial charge in [-0.1, -0.05) is 30.3 Å². The molecule has 0 N–H and O–H groups in total. The molecule has 0 saturated heterocycles. The number of pyridine rings is 4. The largest absolute Gasteiger partial charge is 0.308 e. The molecule has 0 aliphatic rings. The predicted octanol–water partition coefficient (Wildman–Crippen LogP) is 8.79. The van der Waals surface area contributed by atoms with E-state index in [4.69, 9.17) is 9.97 Å². The van der Waals surface area contributed by atoms with Gasteiger partial charge in [-0.25, -0.2) is 0 Å². The van der Waals surface area contributed by atoms with Gasteiger partial charge >= 0.3 is 0 Å². The summed E-state index contributed by atoms with van der Waals surface area (Å²) in [7, 11) is 0. The Bertz CT molecular complexity index is 2320. The highest BCUT2D eigenvalue weighted by molar-refractivity contribution is 6.09. The van der Waals surface area contributed by atoms with Crippen molar-refractivity contribution >= 4 is 43.9 Å². The van der Waals surface area contributed by atoms with Crippen molar-refractivity contribution in [3.8, 4) is 33.9 Å². The first-order valence-electron chi connectivity index (χ1n) is 14.6. The Morgan fingerprint density at radius 1 is 0.364 bits per heavy atom. The van der Waals surface area contributed by atoms with Gasteiger partial charge in [-0.15, -0.1) is 0 Å². The molecule has 6 heteroatoms. The fourth-order valence-corrected chi connectivity index (χ4v) is 6.38. The topological polar surface area (TPSA) is 61.4 Å². The molecule has 6 nitrogen and oxygen atoms in total. The molecular weight excluding hydrogens is 540 g/mol. The van der Waals surface area contributed by atoms with E-state index in [1.165, 1.54) is 0 Å². The van der Waals surface area contributed by atoms with Crippen LogP contribution in [0.25, 0.3) is 77.8 Å². The molecule has 9 aromatic rings. The van der Waals surface area contributed by atoms with Crippen molar-refractivity contribution in [1.82, 2.24) is 29.1 Å². The van der Waals surface area contributed by atoms with Crippen LogP contribution in [0.5, 0.6) is 0 Å². The fourth-order valence-electron chi connectivity index (χ4n) is 6.38. The van der Waals surface area contributed by atoms with Crippen molar-refractivity contribution in [3.63, 3.8) is 0 Å². The zero-order valence-electron chi connectivity index (χ0n) is 23.5. The van der Waals surface area contributed by atoms with Gasteiger partial charge in [-0.05, 0) is 91.0 Å². The first kappa shape index (κ1) is 24.5. The van der Waals surface area contributed by atoms with Gasteiger partial charge in [0, 0.05) is 58.1 Å². The lowest BCUT2D eigenvalue weighted by Crippen LogP contribution is -1.98. The Hall–Kier alpha value is -6.14. The maximum atomic E-state index is 4.82. The Balaban J connectivity index is 1.25. The minimum absolute atomic E-state index is 0.944. The van der Waals surface area contributed by atoms with Crippen LogP contribution in [0.3, 0.4) is 0 Å². The number of rotatable bonds is 4. The van der Waals surface area contributed by atoms with E-state index in [9.17, 15) is 0 Å². The normalized spacial score (nSPS) is 11.6. The van der Waals surface area contributed by atoms with Crippen molar-refractivity contribution in [2.45, 2.75) is 0 Å². The van der Waals surface area contributed by atoms with Crippen molar-refractivity contribution in [2.75, 3.05) is 0 Å². The van der Waals surface area contributed by atoms with Crippen molar-refractivity contribution in [1.29, 1.82) is 0 Å². The second kappa shape index (κ2) is 9.71. The van der Waals surface area contributed by atoms with Gasteiger partial charge in [0.05, 0.1) is 44.5 Å². The van der Waals surface area contributed by atoms with Gasteiger partial charge in [-0.3, -0.25) is 19.9 Å². The third-order valence-corrected chi connectivity index (χ3v) is 8.31. The van der Waals surface area contributed by atoms with Gasteiger partial charge in [0.25, 0.3) is 0 Å². The van der Waals surface area contributed by atoms with E-state index in [-0.39, 0.29) is 0 Å². The maximum absolute atomic E-state index is 4.82. The number of hydrogen-bond donors (Lipinski definition) is 0. The summed E-state index contributed by atoms with van der Waals surface area (Å²) in [6, 6.07) is 42.0. The van der Waals surface area contributed by atoms with Crippen LogP contribution in [0.1, 0.15) is 0 Å². The fraction of sp³-hybridized carbons (Fsp3) is 0. The summed E-state index contributed by atoms with van der Waals surface area (Å²) >= 11 is 0. The lowest BCUT2D eigenvalue weighted by molar-refractivity contribution is 1.13. The first-order valence-corrected chi connectivity index (χ1v) is 14.6. The lowest BCUT2D eigenvalue weighted by atomic mass is 10.1. The molecule has 0 aliphatic heterocycles. The Morgan fingerprint density at radius 2 is 0.864 bits per heavy atom. The minimum atomic E-state index is 0.944. The van der Waals surface area contributed by atoms with Crippen LogP contribution in [0.4, 0.5) is 0 Å². The van der Waals surface area contributed by atoms with Crippen molar-refractivity contribution in [3.05, 3.63) is 146 Å². The number of aromatic nitrogens is 6. The molecule has 6 heterocycles. The zero-order valence-corrected chi connectivity index (χ0v) is 23.5. The average molecular weight is 565 g/mol. The van der Waals surface area contributed by atoms with Crippen LogP contribution in [0.15, 0.2) is 146 Å². The van der Waals surface area contributed by atoms with E-state index in [1.54, 1.807) is 0 Å². The van der Waals surface area contributed by atoms with Crippen molar-refractivity contribution in [2.24, 2.45) is 0 Å². The molecule has 0 atom stereocenters. The smallest absolute Gasteiger partial charge is 0.0963 e. The summed E-state index contributed by atoms with van der Waals surface area (Å²) in [5.74, 6) is 0. The Labute approximate surface area is 252 Å². The number of benzene rings is 3. The molecule has 206 valence electrons. The van der Waals surface area contributed by atoms with Gasteiger partial charge in [0.2, 0.25) is 0 Å². The summed E-state index contributed by atoms with van der Waals surface area (Å²) in [6.07, 6.45) is 7.38. The van der Waals surface area contributed by atoms with Crippen LogP contribution in [0.2, 0.25) is 0 Å². The van der Waals surface area contributed by atoms with E-state index in [0.717, 1.165) is 77.8 Å². The molecule has 6 aromatic heterocycles. The monoisotopic (exact) mass is 564 g/mol. The van der Waals surface area contributed by atoms with Gasteiger partial charge < -0.3 is 9.13 Å². The molecule has 3 aromatic carbocycles. The zero-order chi connectivity index (χ0) is 29.0. The second-order valence-electron chi connectivity index (χ2n) is 10.8. The quantitative estimate of drug-likeness (QED) is 0.214. The van der Waals surface area contributed by atoms with Crippen LogP contribution >= 0.6 is 0 Å². The summed E-state index contributed by atoms with van der Waals surface area (Å²) < 4.78 is 4.60. The number of hydrogen-bond acceptors (Lipinski definition) is 4. The molecule has 0 saturated carbocycles. The summed E-state index contributed by atoms with van der Waals surface area (Å²) in [4.78, 5) is 18.8. The van der Waals surface area contributed by atoms with Crippen molar-refractivity contribution < 1.29 is 0 Å². The number of fused-ring (bicyclic) bond motifs is 6. The molecule has 0 spiro atoms. The van der Waals surface area contributed by atoms with Crippen LogP contribution in [-0.4, -0.2) is 29.1 Å². The minimum Gasteiger partial charge on any atom is -0.308 e. The molecular formula is C38H24N6. The van der Waals surface area contributed by atoms with Crippen LogP contribution < -0.4 is 0 Å².